The average molecular weight is 160 g/mol. The minimum absolute atomic E-state index is 0. The standard InChI is InChI=1S/C5H11F2N.ClH/c1-2-3-4(8)5(6)7;/h4-5H,2-3,8H2,1H3;1H. The second-order valence-corrected chi connectivity index (χ2v) is 1.79. The van der Waals surface area contributed by atoms with Crippen LogP contribution in [0.1, 0.15) is 19.8 Å². The predicted molar refractivity (Wildman–Crippen MR) is 36.1 cm³/mol. The molecule has 0 fully saturated rings. The van der Waals surface area contributed by atoms with Gasteiger partial charge in [0.25, 0.3) is 6.43 Å². The maximum Gasteiger partial charge on any atom is 0.253 e. The zero-order valence-corrected chi connectivity index (χ0v) is 6.13. The van der Waals surface area contributed by atoms with Gasteiger partial charge in [-0.3, -0.25) is 0 Å². The fourth-order valence-corrected chi connectivity index (χ4v) is 0.459. The smallest absolute Gasteiger partial charge is 0.253 e. The molecular formula is C5H12ClF2N. The topological polar surface area (TPSA) is 26.0 Å². The Hall–Kier alpha value is 0.110. The molecule has 2 N–H and O–H groups in total. The van der Waals surface area contributed by atoms with Crippen molar-refractivity contribution in [2.45, 2.75) is 32.2 Å². The number of nitrogens with two attached hydrogens (primary N) is 1. The van der Waals surface area contributed by atoms with E-state index < -0.39 is 12.5 Å². The minimum atomic E-state index is -2.35. The fourth-order valence-electron chi connectivity index (χ4n) is 0.459. The molecule has 0 aliphatic heterocycles. The first kappa shape index (κ1) is 11.9. The molecule has 0 aliphatic carbocycles. The lowest BCUT2D eigenvalue weighted by Gasteiger charge is -2.06. The molecule has 0 saturated carbocycles. The molecule has 4 heteroatoms. The summed E-state index contributed by atoms with van der Waals surface area (Å²) in [5.41, 5.74) is 4.98. The minimum Gasteiger partial charge on any atom is -0.323 e. The van der Waals surface area contributed by atoms with Crippen molar-refractivity contribution in [1.82, 2.24) is 0 Å². The van der Waals surface area contributed by atoms with Crippen LogP contribution in [0.15, 0.2) is 0 Å². The SMILES string of the molecule is CCCC(N)C(F)F.Cl. The zero-order chi connectivity index (χ0) is 6.57. The van der Waals surface area contributed by atoms with Gasteiger partial charge in [-0.25, -0.2) is 8.78 Å². The summed E-state index contributed by atoms with van der Waals surface area (Å²) in [4.78, 5) is 0. The van der Waals surface area contributed by atoms with Crippen molar-refractivity contribution in [3.8, 4) is 0 Å². The second kappa shape index (κ2) is 6.23. The highest BCUT2D eigenvalue weighted by atomic mass is 35.5. The first-order chi connectivity index (χ1) is 3.68. The fraction of sp³-hybridized carbons (Fsp3) is 1.00. The van der Waals surface area contributed by atoms with E-state index in [-0.39, 0.29) is 12.4 Å². The molecule has 0 aromatic heterocycles. The predicted octanol–water partition coefficient (Wildman–Crippen LogP) is 1.80. The Kier molecular flexibility index (Phi) is 8.21. The molecule has 58 valence electrons. The molecule has 1 atom stereocenters. The van der Waals surface area contributed by atoms with Crippen LogP contribution in [0.2, 0.25) is 0 Å². The van der Waals surface area contributed by atoms with Crippen molar-refractivity contribution in [1.29, 1.82) is 0 Å². The van der Waals surface area contributed by atoms with E-state index in [2.05, 4.69) is 0 Å². The lowest BCUT2D eigenvalue weighted by atomic mass is 10.2. The van der Waals surface area contributed by atoms with Gasteiger partial charge in [0, 0.05) is 0 Å². The first-order valence-corrected chi connectivity index (χ1v) is 2.72. The second-order valence-electron chi connectivity index (χ2n) is 1.79. The van der Waals surface area contributed by atoms with E-state index in [1.165, 1.54) is 0 Å². The molecule has 0 bridgehead atoms. The summed E-state index contributed by atoms with van der Waals surface area (Å²) in [5, 5.41) is 0. The maximum absolute atomic E-state index is 11.5. The van der Waals surface area contributed by atoms with Crippen LogP contribution >= 0.6 is 12.4 Å². The molecule has 0 saturated heterocycles. The third-order valence-corrected chi connectivity index (χ3v) is 0.946. The van der Waals surface area contributed by atoms with Crippen LogP contribution in [0.3, 0.4) is 0 Å². The van der Waals surface area contributed by atoms with Gasteiger partial charge in [-0.2, -0.15) is 0 Å². The number of rotatable bonds is 3. The lowest BCUT2D eigenvalue weighted by Crippen LogP contribution is -2.27. The van der Waals surface area contributed by atoms with Crippen molar-refractivity contribution in [3.05, 3.63) is 0 Å². The molecule has 0 aliphatic rings. The summed E-state index contributed by atoms with van der Waals surface area (Å²) in [7, 11) is 0. The molecule has 0 rings (SSSR count). The number of hydrogen-bond donors (Lipinski definition) is 1. The van der Waals surface area contributed by atoms with Crippen molar-refractivity contribution in [2.24, 2.45) is 5.73 Å². The Balaban J connectivity index is 0. The Morgan fingerprint density at radius 2 is 1.89 bits per heavy atom. The number of halogens is 3. The molecule has 0 heterocycles. The van der Waals surface area contributed by atoms with Crippen molar-refractivity contribution in [2.75, 3.05) is 0 Å². The van der Waals surface area contributed by atoms with E-state index in [0.29, 0.717) is 6.42 Å². The third-order valence-electron chi connectivity index (χ3n) is 0.946. The monoisotopic (exact) mass is 159 g/mol. The molecule has 1 unspecified atom stereocenters. The quantitative estimate of drug-likeness (QED) is 0.668. The van der Waals surface area contributed by atoms with Crippen LogP contribution in [0, 0.1) is 0 Å². The van der Waals surface area contributed by atoms with Crippen LogP contribution < -0.4 is 5.73 Å². The molecule has 0 spiro atoms. The van der Waals surface area contributed by atoms with Gasteiger partial charge in [-0.15, -0.1) is 12.4 Å². The summed E-state index contributed by atoms with van der Waals surface area (Å²) in [5.74, 6) is 0. The van der Waals surface area contributed by atoms with Gasteiger partial charge in [0.15, 0.2) is 0 Å². The van der Waals surface area contributed by atoms with Gasteiger partial charge in [0.1, 0.15) is 0 Å². The zero-order valence-electron chi connectivity index (χ0n) is 5.31. The molecule has 1 nitrogen and oxygen atoms in total. The van der Waals surface area contributed by atoms with Crippen LogP contribution in [0.4, 0.5) is 8.78 Å². The van der Waals surface area contributed by atoms with E-state index in [0.717, 1.165) is 6.42 Å². The van der Waals surface area contributed by atoms with E-state index in [1.807, 2.05) is 6.92 Å². The highest BCUT2D eigenvalue weighted by Crippen LogP contribution is 2.03. The lowest BCUT2D eigenvalue weighted by molar-refractivity contribution is 0.112. The van der Waals surface area contributed by atoms with Gasteiger partial charge >= 0.3 is 0 Å². The van der Waals surface area contributed by atoms with E-state index >= 15 is 0 Å². The van der Waals surface area contributed by atoms with Gasteiger partial charge in [0.05, 0.1) is 6.04 Å². The molecule has 0 radical (unpaired) electrons. The van der Waals surface area contributed by atoms with Crippen LogP contribution in [0.25, 0.3) is 0 Å². The summed E-state index contributed by atoms with van der Waals surface area (Å²) in [6.45, 7) is 1.84. The van der Waals surface area contributed by atoms with Crippen LogP contribution in [-0.4, -0.2) is 12.5 Å². The van der Waals surface area contributed by atoms with Crippen LogP contribution in [-0.2, 0) is 0 Å². The summed E-state index contributed by atoms with van der Waals surface area (Å²) >= 11 is 0. The molecule has 0 amide bonds. The summed E-state index contributed by atoms with van der Waals surface area (Å²) in [6.07, 6.45) is -1.21. The maximum atomic E-state index is 11.5. The van der Waals surface area contributed by atoms with Gasteiger partial charge < -0.3 is 5.73 Å². The van der Waals surface area contributed by atoms with Crippen molar-refractivity contribution in [3.63, 3.8) is 0 Å². The molecule has 0 aromatic carbocycles. The largest absolute Gasteiger partial charge is 0.323 e. The Morgan fingerprint density at radius 1 is 1.44 bits per heavy atom. The number of hydrogen-bond acceptors (Lipinski definition) is 1. The van der Waals surface area contributed by atoms with E-state index in [9.17, 15) is 8.78 Å². The molecule has 9 heavy (non-hydrogen) atoms. The highest BCUT2D eigenvalue weighted by Gasteiger charge is 2.12. The van der Waals surface area contributed by atoms with E-state index in [4.69, 9.17) is 5.73 Å². The number of alkyl halides is 2. The Labute approximate surface area is 60.0 Å². The Morgan fingerprint density at radius 3 is 2.00 bits per heavy atom. The van der Waals surface area contributed by atoms with Gasteiger partial charge in [-0.1, -0.05) is 13.3 Å². The molecule has 0 aromatic rings. The summed E-state index contributed by atoms with van der Waals surface area (Å²) in [6, 6.07) is -0.917. The Bertz CT molecular complexity index is 60.9. The first-order valence-electron chi connectivity index (χ1n) is 2.72. The summed E-state index contributed by atoms with van der Waals surface area (Å²) < 4.78 is 23.0. The van der Waals surface area contributed by atoms with E-state index in [1.54, 1.807) is 0 Å². The average Bonchev–Trinajstić information content (AvgIpc) is 1.67. The van der Waals surface area contributed by atoms with Crippen molar-refractivity contribution < 1.29 is 8.78 Å². The van der Waals surface area contributed by atoms with Crippen molar-refractivity contribution >= 4 is 12.4 Å². The van der Waals surface area contributed by atoms with Gasteiger partial charge in [-0.05, 0) is 6.42 Å². The third kappa shape index (κ3) is 5.99. The highest BCUT2D eigenvalue weighted by molar-refractivity contribution is 5.85. The normalized spacial score (nSPS) is 13.0. The van der Waals surface area contributed by atoms with Gasteiger partial charge in [0.2, 0.25) is 0 Å². The van der Waals surface area contributed by atoms with Crippen LogP contribution in [0.5, 0.6) is 0 Å². The molecular weight excluding hydrogens is 148 g/mol.